The maximum absolute atomic E-state index is 13.0. The molecule has 1 aliphatic rings. The minimum absolute atomic E-state index is 0.0661. The van der Waals surface area contributed by atoms with E-state index in [1.165, 1.54) is 0 Å². The molecule has 142 valence electrons. The van der Waals surface area contributed by atoms with Crippen LogP contribution in [0.1, 0.15) is 11.1 Å². The molecular weight excluding hydrogens is 438 g/mol. The number of amides is 2. The van der Waals surface area contributed by atoms with Crippen molar-refractivity contribution in [2.45, 2.75) is 12.4 Å². The van der Waals surface area contributed by atoms with E-state index >= 15 is 0 Å². The fourth-order valence-corrected chi connectivity index (χ4v) is 2.69. The molecule has 0 saturated carbocycles. The third-order valence-electron chi connectivity index (χ3n) is 3.31. The molecule has 2 N–H and O–H groups in total. The highest BCUT2D eigenvalue weighted by molar-refractivity contribution is 9.10. The second kappa shape index (κ2) is 6.91. The summed E-state index contributed by atoms with van der Waals surface area (Å²) in [6, 6.07) is 0.315. The molecule has 1 heterocycles. The minimum Gasteiger partial charge on any atom is -0.395 e. The van der Waals surface area contributed by atoms with Crippen molar-refractivity contribution in [1.29, 1.82) is 0 Å². The zero-order chi connectivity index (χ0) is 19.9. The zero-order valence-electron chi connectivity index (χ0n) is 12.5. The molecule has 0 unspecified atom stereocenters. The summed E-state index contributed by atoms with van der Waals surface area (Å²) < 4.78 is 77.0. The van der Waals surface area contributed by atoms with Crippen LogP contribution >= 0.6 is 15.9 Å². The predicted molar refractivity (Wildman–Crippen MR) is 79.7 cm³/mol. The molecule has 26 heavy (non-hydrogen) atoms. The number of β-amino-alcohol motifs (C(OH)–C–C–N with tert-alkyl or cyclic N) is 1. The fourth-order valence-electron chi connectivity index (χ4n) is 2.14. The first-order chi connectivity index (χ1) is 11.9. The van der Waals surface area contributed by atoms with Gasteiger partial charge in [-0.25, -0.2) is 0 Å². The molecule has 1 aromatic carbocycles. The standard InChI is InChI=1S/C14H9BrF6N2O3/c15-11-7(14(19,20)21)3-6(13(16,17)18)4-8(11)22-9-5-10(25)23(1-2-24)12(9)26/h3-5,22,24H,1-2H2. The topological polar surface area (TPSA) is 69.6 Å². The summed E-state index contributed by atoms with van der Waals surface area (Å²) >= 11 is 2.58. The van der Waals surface area contributed by atoms with Crippen molar-refractivity contribution in [3.05, 3.63) is 39.5 Å². The average molecular weight is 447 g/mol. The number of halogens is 7. The zero-order valence-corrected chi connectivity index (χ0v) is 14.1. The Bertz CT molecular complexity index is 788. The highest BCUT2D eigenvalue weighted by Gasteiger charge is 2.40. The Morgan fingerprint density at radius 1 is 1.08 bits per heavy atom. The first-order valence-corrected chi connectivity index (χ1v) is 7.59. The van der Waals surface area contributed by atoms with Crippen LogP contribution in [0.25, 0.3) is 0 Å². The van der Waals surface area contributed by atoms with Crippen molar-refractivity contribution in [3.63, 3.8) is 0 Å². The highest BCUT2D eigenvalue weighted by Crippen LogP contribution is 2.43. The van der Waals surface area contributed by atoms with E-state index in [1.54, 1.807) is 0 Å². The number of hydrogen-bond acceptors (Lipinski definition) is 4. The maximum atomic E-state index is 13.0. The number of alkyl halides is 6. The van der Waals surface area contributed by atoms with Crippen molar-refractivity contribution in [1.82, 2.24) is 4.90 Å². The van der Waals surface area contributed by atoms with Crippen molar-refractivity contribution in [3.8, 4) is 0 Å². The van der Waals surface area contributed by atoms with E-state index < -0.39 is 57.8 Å². The number of aliphatic hydroxyl groups excluding tert-OH is 1. The molecule has 1 aromatic rings. The molecular formula is C14H9BrF6N2O3. The van der Waals surface area contributed by atoms with Crippen molar-refractivity contribution in [2.75, 3.05) is 18.5 Å². The Kier molecular flexibility index (Phi) is 5.38. The van der Waals surface area contributed by atoms with Crippen LogP contribution in [0.2, 0.25) is 0 Å². The van der Waals surface area contributed by atoms with Crippen LogP contribution in [0.4, 0.5) is 32.0 Å². The van der Waals surface area contributed by atoms with E-state index in [1.807, 2.05) is 0 Å². The summed E-state index contributed by atoms with van der Waals surface area (Å²) in [7, 11) is 0. The van der Waals surface area contributed by atoms with Gasteiger partial charge in [-0.1, -0.05) is 0 Å². The Hall–Kier alpha value is -2.08. The van der Waals surface area contributed by atoms with E-state index in [0.717, 1.165) is 6.08 Å². The molecule has 0 bridgehead atoms. The Morgan fingerprint density at radius 3 is 2.19 bits per heavy atom. The van der Waals surface area contributed by atoms with E-state index in [9.17, 15) is 35.9 Å². The normalized spacial score (nSPS) is 15.5. The molecule has 0 fully saturated rings. The van der Waals surface area contributed by atoms with Crippen LogP contribution in [0.3, 0.4) is 0 Å². The van der Waals surface area contributed by atoms with Gasteiger partial charge in [0.25, 0.3) is 11.8 Å². The van der Waals surface area contributed by atoms with Gasteiger partial charge < -0.3 is 10.4 Å². The Balaban J connectivity index is 2.48. The van der Waals surface area contributed by atoms with Gasteiger partial charge in [-0.3, -0.25) is 14.5 Å². The summed E-state index contributed by atoms with van der Waals surface area (Å²) in [5.74, 6) is -1.84. The van der Waals surface area contributed by atoms with E-state index in [0.29, 0.717) is 11.0 Å². The van der Waals surface area contributed by atoms with Crippen molar-refractivity contribution < 1.29 is 41.0 Å². The first-order valence-electron chi connectivity index (χ1n) is 6.79. The number of aliphatic hydroxyl groups is 1. The van der Waals surface area contributed by atoms with Crippen molar-refractivity contribution in [2.24, 2.45) is 0 Å². The summed E-state index contributed by atoms with van der Waals surface area (Å²) in [6.07, 6.45) is -9.44. The number of nitrogens with one attached hydrogen (secondary N) is 1. The number of rotatable bonds is 4. The molecule has 5 nitrogen and oxygen atoms in total. The van der Waals surface area contributed by atoms with Crippen LogP contribution in [-0.2, 0) is 21.9 Å². The quantitative estimate of drug-likeness (QED) is 0.550. The molecule has 2 rings (SSSR count). The second-order valence-electron chi connectivity index (χ2n) is 5.08. The van der Waals surface area contributed by atoms with Gasteiger partial charge >= 0.3 is 12.4 Å². The van der Waals surface area contributed by atoms with E-state index in [2.05, 4.69) is 21.2 Å². The largest absolute Gasteiger partial charge is 0.417 e. The van der Waals surface area contributed by atoms with Gasteiger partial charge in [-0.15, -0.1) is 0 Å². The SMILES string of the molecule is O=C1C=C(Nc2cc(C(F)(F)F)cc(C(F)(F)F)c2Br)C(=O)N1CCO. The van der Waals surface area contributed by atoms with Crippen molar-refractivity contribution >= 4 is 33.4 Å². The lowest BCUT2D eigenvalue weighted by molar-refractivity contribution is -0.143. The highest BCUT2D eigenvalue weighted by atomic mass is 79.9. The molecule has 0 spiro atoms. The van der Waals surface area contributed by atoms with Gasteiger partial charge in [-0.05, 0) is 28.1 Å². The molecule has 0 saturated heterocycles. The number of imide groups is 1. The van der Waals surface area contributed by atoms with Gasteiger partial charge in [0.2, 0.25) is 0 Å². The lowest BCUT2D eigenvalue weighted by Crippen LogP contribution is -2.34. The molecule has 0 aromatic heterocycles. The van der Waals surface area contributed by atoms with Crippen LogP contribution in [-0.4, -0.2) is 35.0 Å². The van der Waals surface area contributed by atoms with Gasteiger partial charge in [-0.2, -0.15) is 26.3 Å². The predicted octanol–water partition coefficient (Wildman–Crippen LogP) is 3.14. The molecule has 1 aliphatic heterocycles. The summed E-state index contributed by atoms with van der Waals surface area (Å²) in [5, 5.41) is 10.9. The lowest BCUT2D eigenvalue weighted by Gasteiger charge is -2.18. The van der Waals surface area contributed by atoms with E-state index in [-0.39, 0.29) is 12.6 Å². The molecule has 12 heteroatoms. The van der Waals surface area contributed by atoms with Gasteiger partial charge in [0, 0.05) is 6.08 Å². The van der Waals surface area contributed by atoms with Gasteiger partial charge in [0.15, 0.2) is 0 Å². The maximum Gasteiger partial charge on any atom is 0.417 e. The summed E-state index contributed by atoms with van der Waals surface area (Å²) in [6.45, 7) is -0.916. The van der Waals surface area contributed by atoms with Gasteiger partial charge in [0.1, 0.15) is 5.70 Å². The molecule has 0 radical (unpaired) electrons. The monoisotopic (exact) mass is 446 g/mol. The Labute approximate surface area is 150 Å². The molecule has 2 amide bonds. The summed E-state index contributed by atoms with van der Waals surface area (Å²) in [5.41, 5.74) is -4.39. The minimum atomic E-state index is -5.09. The number of carbonyl (C=O) groups excluding carboxylic acids is 2. The first kappa shape index (κ1) is 20.2. The number of anilines is 1. The molecule has 0 aliphatic carbocycles. The third-order valence-corrected chi connectivity index (χ3v) is 4.16. The molecule has 0 atom stereocenters. The average Bonchev–Trinajstić information content (AvgIpc) is 2.75. The number of nitrogens with zero attached hydrogens (tertiary/aromatic N) is 1. The van der Waals surface area contributed by atoms with E-state index in [4.69, 9.17) is 5.11 Å². The third kappa shape index (κ3) is 4.01. The Morgan fingerprint density at radius 2 is 1.69 bits per heavy atom. The van der Waals surface area contributed by atoms with Gasteiger partial charge in [0.05, 0.1) is 34.4 Å². The fraction of sp³-hybridized carbons (Fsp3) is 0.286. The van der Waals surface area contributed by atoms with Crippen LogP contribution < -0.4 is 5.32 Å². The second-order valence-corrected chi connectivity index (χ2v) is 5.88. The number of benzene rings is 1. The number of hydrogen-bond donors (Lipinski definition) is 2. The van der Waals surface area contributed by atoms with Crippen LogP contribution in [0.5, 0.6) is 0 Å². The van der Waals surface area contributed by atoms with Crippen LogP contribution in [0.15, 0.2) is 28.4 Å². The smallest absolute Gasteiger partial charge is 0.395 e. The summed E-state index contributed by atoms with van der Waals surface area (Å²) in [4.78, 5) is 24.2. The van der Waals surface area contributed by atoms with Crippen LogP contribution in [0, 0.1) is 0 Å². The number of carbonyl (C=O) groups is 2. The lowest BCUT2D eigenvalue weighted by atomic mass is 10.1.